The quantitative estimate of drug-likeness (QED) is 0.158. The molecule has 1 heterocycles. The number of aliphatic hydroxyl groups excluding tert-OH is 1. The van der Waals surface area contributed by atoms with Crippen LogP contribution in [0.3, 0.4) is 0 Å². The van der Waals surface area contributed by atoms with Crippen molar-refractivity contribution in [1.82, 2.24) is 10.2 Å². The summed E-state index contributed by atoms with van der Waals surface area (Å²) in [5, 5.41) is 17.3. The number of rotatable bonds is 9. The molecular weight excluding hydrogens is 546 g/mol. The largest absolute Gasteiger partial charge is 0.462 e. The van der Waals surface area contributed by atoms with Crippen molar-refractivity contribution in [3.05, 3.63) is 11.6 Å². The van der Waals surface area contributed by atoms with Gasteiger partial charge < -0.3 is 20.1 Å². The summed E-state index contributed by atoms with van der Waals surface area (Å²) >= 11 is 0. The SMILES string of the molecule is C/C(=N\OC(=O)N(CCO)CCC1CCC(C(=O)OC(C)C)N1)[C@H]1CC[C@H]2[C@@H]3CCC4=CC(=O)CC[C@]4(C)[C@H]3CC[C@]12C. The predicted molar refractivity (Wildman–Crippen MR) is 164 cm³/mol. The fraction of sp³-hybridized carbons (Fsp3) is 0.824. The Kier molecular flexibility index (Phi) is 9.72. The molecule has 4 fully saturated rings. The van der Waals surface area contributed by atoms with E-state index in [0.29, 0.717) is 49.3 Å². The molecule has 43 heavy (non-hydrogen) atoms. The molecule has 0 radical (unpaired) electrons. The van der Waals surface area contributed by atoms with Crippen LogP contribution in [0, 0.1) is 34.5 Å². The van der Waals surface area contributed by atoms with Gasteiger partial charge in [-0.3, -0.25) is 14.4 Å². The third kappa shape index (κ3) is 6.44. The lowest BCUT2D eigenvalue weighted by Gasteiger charge is -2.58. The number of nitrogens with zero attached hydrogens (tertiary/aromatic N) is 2. The summed E-state index contributed by atoms with van der Waals surface area (Å²) in [6.07, 6.45) is 11.9. The van der Waals surface area contributed by atoms with Gasteiger partial charge in [0, 0.05) is 31.5 Å². The van der Waals surface area contributed by atoms with Crippen molar-refractivity contribution in [3.63, 3.8) is 0 Å². The molecule has 9 heteroatoms. The van der Waals surface area contributed by atoms with E-state index in [2.05, 4.69) is 24.3 Å². The third-order valence-corrected chi connectivity index (χ3v) is 12.0. The summed E-state index contributed by atoms with van der Waals surface area (Å²) in [6.45, 7) is 11.0. The number of nitrogens with one attached hydrogen (secondary N) is 1. The molecule has 0 spiro atoms. The van der Waals surface area contributed by atoms with Gasteiger partial charge in [-0.1, -0.05) is 24.6 Å². The van der Waals surface area contributed by atoms with Crippen LogP contribution in [0.1, 0.15) is 105 Å². The van der Waals surface area contributed by atoms with Gasteiger partial charge in [-0.15, -0.1) is 0 Å². The summed E-state index contributed by atoms with van der Waals surface area (Å²) in [6, 6.07) is -0.219. The molecule has 0 bridgehead atoms. The van der Waals surface area contributed by atoms with Gasteiger partial charge in [-0.25, -0.2) is 4.79 Å². The molecule has 1 saturated heterocycles. The highest BCUT2D eigenvalue weighted by Crippen LogP contribution is 2.66. The van der Waals surface area contributed by atoms with Crippen molar-refractivity contribution in [3.8, 4) is 0 Å². The van der Waals surface area contributed by atoms with Crippen LogP contribution in [0.4, 0.5) is 4.79 Å². The lowest BCUT2D eigenvalue weighted by Crippen LogP contribution is -2.51. The maximum Gasteiger partial charge on any atom is 0.436 e. The molecule has 0 aromatic heterocycles. The van der Waals surface area contributed by atoms with Crippen molar-refractivity contribution in [2.45, 2.75) is 123 Å². The minimum absolute atomic E-state index is 0.0946. The van der Waals surface area contributed by atoms with Crippen LogP contribution in [0.15, 0.2) is 16.8 Å². The summed E-state index contributed by atoms with van der Waals surface area (Å²) in [7, 11) is 0. The summed E-state index contributed by atoms with van der Waals surface area (Å²) in [5.74, 6) is 2.30. The summed E-state index contributed by atoms with van der Waals surface area (Å²) in [5.41, 5.74) is 2.58. The first-order valence-electron chi connectivity index (χ1n) is 16.8. The second kappa shape index (κ2) is 13.0. The van der Waals surface area contributed by atoms with Crippen LogP contribution < -0.4 is 5.32 Å². The van der Waals surface area contributed by atoms with Crippen molar-refractivity contribution >= 4 is 23.6 Å². The van der Waals surface area contributed by atoms with E-state index >= 15 is 0 Å². The van der Waals surface area contributed by atoms with Crippen LogP contribution >= 0.6 is 0 Å². The molecule has 5 rings (SSSR count). The lowest BCUT2D eigenvalue weighted by molar-refractivity contribution is -0.149. The maximum absolute atomic E-state index is 13.1. The highest BCUT2D eigenvalue weighted by molar-refractivity contribution is 5.91. The molecule has 2 N–H and O–H groups in total. The number of esters is 1. The smallest absolute Gasteiger partial charge is 0.436 e. The average Bonchev–Trinajstić information content (AvgIpc) is 3.58. The normalized spacial score (nSPS) is 37.3. The molecular formula is C34H53N3O6. The number of allylic oxidation sites excluding steroid dienone is 1. The number of oxime groups is 1. The zero-order valence-corrected chi connectivity index (χ0v) is 26.9. The number of fused-ring (bicyclic) bond motifs is 5. The summed E-state index contributed by atoms with van der Waals surface area (Å²) in [4.78, 5) is 44.5. The van der Waals surface area contributed by atoms with E-state index in [1.165, 1.54) is 29.7 Å². The van der Waals surface area contributed by atoms with Gasteiger partial charge in [0.2, 0.25) is 0 Å². The number of hydrogen-bond acceptors (Lipinski definition) is 8. The van der Waals surface area contributed by atoms with Crippen molar-refractivity contribution in [2.24, 2.45) is 39.7 Å². The monoisotopic (exact) mass is 599 g/mol. The Morgan fingerprint density at radius 1 is 1.07 bits per heavy atom. The van der Waals surface area contributed by atoms with E-state index in [0.717, 1.165) is 37.8 Å². The number of ketones is 1. The second-order valence-corrected chi connectivity index (χ2v) is 14.7. The topological polar surface area (TPSA) is 118 Å². The first-order chi connectivity index (χ1) is 20.5. The van der Waals surface area contributed by atoms with E-state index in [1.54, 1.807) is 0 Å². The van der Waals surface area contributed by atoms with Crippen LogP contribution in [-0.2, 0) is 19.2 Å². The van der Waals surface area contributed by atoms with Crippen molar-refractivity contribution in [1.29, 1.82) is 0 Å². The first-order valence-corrected chi connectivity index (χ1v) is 16.8. The van der Waals surface area contributed by atoms with Gasteiger partial charge in [0.15, 0.2) is 5.78 Å². The fourth-order valence-electron chi connectivity index (χ4n) is 9.75. The van der Waals surface area contributed by atoms with Gasteiger partial charge in [-0.2, -0.15) is 0 Å². The second-order valence-electron chi connectivity index (χ2n) is 14.7. The molecule has 5 aliphatic rings. The van der Waals surface area contributed by atoms with Gasteiger partial charge in [0.1, 0.15) is 6.04 Å². The van der Waals surface area contributed by atoms with E-state index in [-0.39, 0.29) is 54.1 Å². The molecule has 9 nitrogen and oxygen atoms in total. The Balaban J connectivity index is 1.17. The van der Waals surface area contributed by atoms with Crippen LogP contribution in [0.5, 0.6) is 0 Å². The molecule has 1 aliphatic heterocycles. The average molecular weight is 600 g/mol. The van der Waals surface area contributed by atoms with E-state index in [9.17, 15) is 19.5 Å². The van der Waals surface area contributed by atoms with Crippen LogP contribution in [0.2, 0.25) is 0 Å². The van der Waals surface area contributed by atoms with Crippen LogP contribution in [-0.4, -0.2) is 71.4 Å². The molecule has 0 aromatic carbocycles. The van der Waals surface area contributed by atoms with Gasteiger partial charge >= 0.3 is 12.1 Å². The van der Waals surface area contributed by atoms with Gasteiger partial charge in [0.05, 0.1) is 18.4 Å². The Bertz CT molecular complexity index is 1140. The molecule has 1 amide bonds. The Morgan fingerprint density at radius 3 is 2.60 bits per heavy atom. The predicted octanol–water partition coefficient (Wildman–Crippen LogP) is 5.40. The Labute approximate surface area is 257 Å². The Hall–Kier alpha value is -2.26. The van der Waals surface area contributed by atoms with Crippen molar-refractivity contribution in [2.75, 3.05) is 19.7 Å². The molecule has 3 saturated carbocycles. The summed E-state index contributed by atoms with van der Waals surface area (Å²) < 4.78 is 5.33. The van der Waals surface area contributed by atoms with E-state index in [1.807, 2.05) is 26.8 Å². The molecule has 4 aliphatic carbocycles. The number of carbonyl (C=O) groups excluding carboxylic acids is 3. The molecule has 0 aromatic rings. The minimum Gasteiger partial charge on any atom is -0.462 e. The van der Waals surface area contributed by atoms with Gasteiger partial charge in [-0.05, 0) is 120 Å². The number of ether oxygens (including phenoxy) is 1. The van der Waals surface area contributed by atoms with E-state index in [4.69, 9.17) is 9.57 Å². The number of carbonyl (C=O) groups is 3. The molecule has 8 atom stereocenters. The highest BCUT2D eigenvalue weighted by atomic mass is 16.7. The standard InChI is InChI=1S/C34H53N3O6/c1-21(2)42-31(40)30-11-7-24(35-30)14-17-37(18-19-38)32(41)43-36-22(3)27-9-10-28-26-8-6-23-20-25(39)12-15-33(23,4)29(26)13-16-34(27,28)5/h20-21,24,26-30,35,38H,6-19H2,1-5H3/b36-22+/t24?,26-,27+,28-,29-,30?,33-,34+/m0/s1. The zero-order valence-electron chi connectivity index (χ0n) is 26.9. The van der Waals surface area contributed by atoms with Gasteiger partial charge in [0.25, 0.3) is 0 Å². The number of hydrogen-bond donors (Lipinski definition) is 2. The molecule has 240 valence electrons. The number of amides is 1. The molecule has 2 unspecified atom stereocenters. The van der Waals surface area contributed by atoms with Crippen LogP contribution in [0.25, 0.3) is 0 Å². The van der Waals surface area contributed by atoms with E-state index < -0.39 is 6.09 Å². The first kappa shape index (κ1) is 32.1. The lowest BCUT2D eigenvalue weighted by atomic mass is 9.46. The fourth-order valence-corrected chi connectivity index (χ4v) is 9.75. The zero-order chi connectivity index (χ0) is 30.9. The highest BCUT2D eigenvalue weighted by Gasteiger charge is 2.59. The maximum atomic E-state index is 13.1. The Morgan fingerprint density at radius 2 is 1.86 bits per heavy atom. The third-order valence-electron chi connectivity index (χ3n) is 12.0. The minimum atomic E-state index is -0.544. The number of aliphatic hydroxyl groups is 1. The van der Waals surface area contributed by atoms with Crippen molar-refractivity contribution < 1.29 is 29.1 Å².